The minimum absolute atomic E-state index is 0.0237. The number of nitrogens with two attached hydrogens (primary N) is 1. The number of nitrogens with zero attached hydrogens (tertiary/aromatic N) is 1. The lowest BCUT2D eigenvalue weighted by molar-refractivity contribution is -0.0760. The molecule has 1 saturated heterocycles. The standard InChI is InChI=1S/C19H27ClFN3O5/c1-10-14(24(19(5,6)28-10)17(26)29-18(2,3)4)9-27-15-8-12(20)11(7-13(15)21)16(25)23-22/h7-8,10,14H,9,22H2,1-6H3,(H,23,25)/t10-,14+/m1/s1. The first-order valence-corrected chi connectivity index (χ1v) is 9.47. The number of hydrazine groups is 1. The molecule has 1 aliphatic heterocycles. The molecule has 0 aliphatic carbocycles. The molecule has 0 aromatic heterocycles. The summed E-state index contributed by atoms with van der Waals surface area (Å²) in [6.45, 7) is 10.5. The van der Waals surface area contributed by atoms with Crippen LogP contribution in [0.25, 0.3) is 0 Å². The molecule has 1 aliphatic rings. The van der Waals surface area contributed by atoms with E-state index in [0.717, 1.165) is 6.07 Å². The number of rotatable bonds is 4. The van der Waals surface area contributed by atoms with Gasteiger partial charge in [0.1, 0.15) is 17.9 Å². The summed E-state index contributed by atoms with van der Waals surface area (Å²) in [7, 11) is 0. The summed E-state index contributed by atoms with van der Waals surface area (Å²) in [6.07, 6.45) is -0.952. The lowest BCUT2D eigenvalue weighted by Crippen LogP contribution is -2.52. The van der Waals surface area contributed by atoms with Crippen molar-refractivity contribution in [3.8, 4) is 5.75 Å². The van der Waals surface area contributed by atoms with E-state index in [2.05, 4.69) is 0 Å². The van der Waals surface area contributed by atoms with Crippen LogP contribution in [-0.2, 0) is 9.47 Å². The highest BCUT2D eigenvalue weighted by atomic mass is 35.5. The monoisotopic (exact) mass is 431 g/mol. The maximum absolute atomic E-state index is 14.4. The van der Waals surface area contributed by atoms with Crippen LogP contribution in [0.1, 0.15) is 51.9 Å². The Morgan fingerprint density at radius 1 is 1.38 bits per heavy atom. The van der Waals surface area contributed by atoms with Crippen LogP contribution in [0.2, 0.25) is 5.02 Å². The third-order valence-corrected chi connectivity index (χ3v) is 4.64. The van der Waals surface area contributed by atoms with Gasteiger partial charge in [-0.15, -0.1) is 0 Å². The third-order valence-electron chi connectivity index (χ3n) is 4.33. The smallest absolute Gasteiger partial charge is 0.413 e. The Morgan fingerprint density at radius 3 is 2.55 bits per heavy atom. The van der Waals surface area contributed by atoms with Crippen LogP contribution in [0.5, 0.6) is 5.75 Å². The average Bonchev–Trinajstić information content (AvgIpc) is 2.81. The molecule has 0 bridgehead atoms. The van der Waals surface area contributed by atoms with Gasteiger partial charge in [-0.1, -0.05) is 11.6 Å². The zero-order valence-corrected chi connectivity index (χ0v) is 18.1. The highest BCUT2D eigenvalue weighted by Crippen LogP contribution is 2.34. The number of hydrogen-bond donors (Lipinski definition) is 2. The Bertz CT molecular complexity index is 797. The second-order valence-corrected chi connectivity index (χ2v) is 8.64. The summed E-state index contributed by atoms with van der Waals surface area (Å²) < 4.78 is 31.3. The van der Waals surface area contributed by atoms with Crippen molar-refractivity contribution in [1.82, 2.24) is 10.3 Å². The van der Waals surface area contributed by atoms with Crippen molar-refractivity contribution in [3.05, 3.63) is 28.5 Å². The van der Waals surface area contributed by atoms with Crippen molar-refractivity contribution >= 4 is 23.6 Å². The minimum atomic E-state index is -0.935. The zero-order valence-electron chi connectivity index (χ0n) is 17.3. The molecular formula is C19H27ClFN3O5. The van der Waals surface area contributed by atoms with Crippen LogP contribution >= 0.6 is 11.6 Å². The molecule has 0 saturated carbocycles. The summed E-state index contributed by atoms with van der Waals surface area (Å²) in [5.74, 6) is 3.38. The Balaban J connectivity index is 2.22. The highest BCUT2D eigenvalue weighted by Gasteiger charge is 2.50. The van der Waals surface area contributed by atoms with Crippen molar-refractivity contribution in [2.75, 3.05) is 6.61 Å². The molecule has 0 spiro atoms. The summed E-state index contributed by atoms with van der Waals surface area (Å²) >= 11 is 6.02. The molecule has 2 amide bonds. The first-order chi connectivity index (χ1) is 13.3. The van der Waals surface area contributed by atoms with Gasteiger partial charge in [0, 0.05) is 6.07 Å². The Hall–Kier alpha value is -2.10. The number of amides is 2. The summed E-state index contributed by atoms with van der Waals surface area (Å²) in [4.78, 5) is 25.8. The predicted octanol–water partition coefficient (Wildman–Crippen LogP) is 3.22. The van der Waals surface area contributed by atoms with Crippen molar-refractivity contribution in [3.63, 3.8) is 0 Å². The number of ether oxygens (including phenoxy) is 3. The predicted molar refractivity (Wildman–Crippen MR) is 105 cm³/mol. The number of hydrogen-bond acceptors (Lipinski definition) is 6. The van der Waals surface area contributed by atoms with Gasteiger partial charge in [-0.2, -0.15) is 0 Å². The summed E-state index contributed by atoms with van der Waals surface area (Å²) in [5, 5.41) is -0.0237. The van der Waals surface area contributed by atoms with Gasteiger partial charge in [-0.25, -0.2) is 15.0 Å². The maximum Gasteiger partial charge on any atom is 0.413 e. The van der Waals surface area contributed by atoms with E-state index < -0.39 is 41.3 Å². The fourth-order valence-electron chi connectivity index (χ4n) is 3.14. The molecule has 3 N–H and O–H groups in total. The molecule has 1 fully saturated rings. The number of nitrogen functional groups attached to an aromatic ring is 1. The number of halogens is 2. The molecule has 29 heavy (non-hydrogen) atoms. The third kappa shape index (κ3) is 5.29. The molecule has 1 aromatic rings. The molecule has 1 heterocycles. The van der Waals surface area contributed by atoms with Gasteiger partial charge in [0.25, 0.3) is 5.91 Å². The van der Waals surface area contributed by atoms with Gasteiger partial charge < -0.3 is 14.2 Å². The lowest BCUT2D eigenvalue weighted by Gasteiger charge is -2.35. The van der Waals surface area contributed by atoms with Crippen molar-refractivity contribution in [2.45, 2.75) is 65.0 Å². The number of carbonyl (C=O) groups is 2. The van der Waals surface area contributed by atoms with E-state index >= 15 is 0 Å². The fraction of sp³-hybridized carbons (Fsp3) is 0.579. The normalized spacial score (nSPS) is 21.1. The maximum atomic E-state index is 14.4. The van der Waals surface area contributed by atoms with Crippen molar-refractivity contribution in [1.29, 1.82) is 0 Å². The van der Waals surface area contributed by atoms with Gasteiger partial charge in [0.2, 0.25) is 0 Å². The quantitative estimate of drug-likeness (QED) is 0.431. The Morgan fingerprint density at radius 2 is 2.00 bits per heavy atom. The fourth-order valence-corrected chi connectivity index (χ4v) is 3.38. The molecule has 8 nitrogen and oxygen atoms in total. The molecule has 0 radical (unpaired) electrons. The minimum Gasteiger partial charge on any atom is -0.488 e. The Kier molecular flexibility index (Phi) is 6.66. The van der Waals surface area contributed by atoms with Crippen LogP contribution < -0.4 is 16.0 Å². The van der Waals surface area contributed by atoms with E-state index in [1.54, 1.807) is 41.5 Å². The molecule has 10 heteroatoms. The molecule has 0 unspecified atom stereocenters. The molecular weight excluding hydrogens is 405 g/mol. The van der Waals surface area contributed by atoms with Crippen LogP contribution in [0.15, 0.2) is 12.1 Å². The highest BCUT2D eigenvalue weighted by molar-refractivity contribution is 6.34. The van der Waals surface area contributed by atoms with Gasteiger partial charge in [-0.3, -0.25) is 15.1 Å². The van der Waals surface area contributed by atoms with E-state index in [0.29, 0.717) is 0 Å². The van der Waals surface area contributed by atoms with Crippen molar-refractivity contribution in [2.24, 2.45) is 5.84 Å². The molecule has 2 rings (SSSR count). The van der Waals surface area contributed by atoms with Gasteiger partial charge >= 0.3 is 6.09 Å². The van der Waals surface area contributed by atoms with Crippen LogP contribution in [-0.4, -0.2) is 47.0 Å². The Labute approximate surface area is 174 Å². The van der Waals surface area contributed by atoms with Crippen LogP contribution in [0.3, 0.4) is 0 Å². The molecule has 162 valence electrons. The zero-order chi connectivity index (χ0) is 22.1. The van der Waals surface area contributed by atoms with Crippen molar-refractivity contribution < 1.29 is 28.2 Å². The van der Waals surface area contributed by atoms with Gasteiger partial charge in [0.05, 0.1) is 22.7 Å². The molecule has 2 atom stereocenters. The molecule has 1 aromatic carbocycles. The first kappa shape index (κ1) is 23.2. The van der Waals surface area contributed by atoms with Crippen LogP contribution in [0.4, 0.5) is 9.18 Å². The topological polar surface area (TPSA) is 103 Å². The van der Waals surface area contributed by atoms with Crippen LogP contribution in [0, 0.1) is 5.82 Å². The van der Waals surface area contributed by atoms with Gasteiger partial charge in [0.15, 0.2) is 11.6 Å². The van der Waals surface area contributed by atoms with E-state index in [-0.39, 0.29) is 22.9 Å². The lowest BCUT2D eigenvalue weighted by atomic mass is 10.1. The number of nitrogens with one attached hydrogen (secondary N) is 1. The summed E-state index contributed by atoms with van der Waals surface area (Å²) in [6, 6.07) is 1.58. The SMILES string of the molecule is C[C@H]1OC(C)(C)N(C(=O)OC(C)(C)C)[C@H]1COc1cc(Cl)c(C(=O)NN)cc1F. The second-order valence-electron chi connectivity index (χ2n) is 8.23. The van der Waals surface area contributed by atoms with Gasteiger partial charge in [-0.05, 0) is 47.6 Å². The average molecular weight is 432 g/mol. The largest absolute Gasteiger partial charge is 0.488 e. The van der Waals surface area contributed by atoms with E-state index in [4.69, 9.17) is 31.7 Å². The van der Waals surface area contributed by atoms with E-state index in [1.165, 1.54) is 11.0 Å². The number of benzene rings is 1. The van der Waals surface area contributed by atoms with E-state index in [1.807, 2.05) is 5.43 Å². The second kappa shape index (κ2) is 8.33. The number of carbonyl (C=O) groups excluding carboxylic acids is 2. The van der Waals surface area contributed by atoms with E-state index in [9.17, 15) is 14.0 Å². The first-order valence-electron chi connectivity index (χ1n) is 9.09. The summed E-state index contributed by atoms with van der Waals surface area (Å²) in [5.41, 5.74) is 0.148.